The molecule has 2 heteroatoms. The summed E-state index contributed by atoms with van der Waals surface area (Å²) in [4.78, 5) is 2.69. The van der Waals surface area contributed by atoms with Crippen LogP contribution in [-0.2, 0) is 0 Å². The third kappa shape index (κ3) is 2.15. The average Bonchev–Trinajstić information content (AvgIpc) is 2.83. The van der Waals surface area contributed by atoms with E-state index in [0.717, 1.165) is 12.5 Å². The van der Waals surface area contributed by atoms with Gasteiger partial charge in [0.15, 0.2) is 0 Å². The topological polar surface area (TPSA) is 29.3 Å². The van der Waals surface area contributed by atoms with E-state index in [1.54, 1.807) is 0 Å². The molecule has 0 spiro atoms. The van der Waals surface area contributed by atoms with Gasteiger partial charge in [0.25, 0.3) is 0 Å². The SMILES string of the molecule is CC(C)(C)C1CCN(C(C)(CN)C2(C)CC2)C1. The van der Waals surface area contributed by atoms with Gasteiger partial charge in [-0.25, -0.2) is 0 Å². The molecule has 0 bridgehead atoms. The molecule has 0 amide bonds. The Morgan fingerprint density at radius 1 is 1.24 bits per heavy atom. The van der Waals surface area contributed by atoms with E-state index in [1.165, 1.54) is 32.4 Å². The highest BCUT2D eigenvalue weighted by atomic mass is 15.2. The van der Waals surface area contributed by atoms with Crippen LogP contribution in [0.25, 0.3) is 0 Å². The minimum Gasteiger partial charge on any atom is -0.329 e. The van der Waals surface area contributed by atoms with Crippen molar-refractivity contribution in [3.05, 3.63) is 0 Å². The fourth-order valence-electron chi connectivity index (χ4n) is 3.40. The first-order valence-corrected chi connectivity index (χ1v) is 7.18. The zero-order valence-electron chi connectivity index (χ0n) is 12.3. The summed E-state index contributed by atoms with van der Waals surface area (Å²) in [6.07, 6.45) is 4.06. The van der Waals surface area contributed by atoms with Crippen molar-refractivity contribution in [1.29, 1.82) is 0 Å². The Morgan fingerprint density at radius 2 is 1.82 bits per heavy atom. The predicted octanol–water partition coefficient (Wildman–Crippen LogP) is 2.87. The lowest BCUT2D eigenvalue weighted by atomic mass is 9.79. The van der Waals surface area contributed by atoms with Gasteiger partial charge in [0, 0.05) is 18.6 Å². The molecular weight excluding hydrogens is 208 g/mol. The van der Waals surface area contributed by atoms with Gasteiger partial charge in [0.2, 0.25) is 0 Å². The lowest BCUT2D eigenvalue weighted by molar-refractivity contribution is 0.0604. The molecular formula is C15H30N2. The molecule has 1 saturated heterocycles. The lowest BCUT2D eigenvalue weighted by Gasteiger charge is -2.44. The number of nitrogens with two attached hydrogens (primary N) is 1. The summed E-state index contributed by atoms with van der Waals surface area (Å²) in [6.45, 7) is 15.2. The monoisotopic (exact) mass is 238 g/mol. The number of likely N-dealkylation sites (tertiary alicyclic amines) is 1. The standard InChI is InChI=1S/C15H30N2/c1-13(2,3)12-6-9-17(10-12)15(5,11-16)14(4)7-8-14/h12H,6-11,16H2,1-5H3. The van der Waals surface area contributed by atoms with Gasteiger partial charge in [-0.2, -0.15) is 0 Å². The van der Waals surface area contributed by atoms with Crippen LogP contribution in [0, 0.1) is 16.7 Å². The van der Waals surface area contributed by atoms with Crippen molar-refractivity contribution in [2.75, 3.05) is 19.6 Å². The van der Waals surface area contributed by atoms with Crippen LogP contribution < -0.4 is 5.73 Å². The molecule has 2 rings (SSSR count). The maximum absolute atomic E-state index is 6.13. The second-order valence-electron chi connectivity index (χ2n) is 7.84. The van der Waals surface area contributed by atoms with Crippen LogP contribution in [0.15, 0.2) is 0 Å². The Bertz CT molecular complexity index is 288. The quantitative estimate of drug-likeness (QED) is 0.819. The maximum Gasteiger partial charge on any atom is 0.0357 e. The third-order valence-electron chi connectivity index (χ3n) is 5.81. The summed E-state index contributed by atoms with van der Waals surface area (Å²) in [6, 6.07) is 0. The Kier molecular flexibility index (Phi) is 3.11. The van der Waals surface area contributed by atoms with Crippen LogP contribution >= 0.6 is 0 Å². The minimum atomic E-state index is 0.229. The summed E-state index contributed by atoms with van der Waals surface area (Å²) in [5.41, 5.74) is 7.27. The molecule has 0 aromatic rings. The summed E-state index contributed by atoms with van der Waals surface area (Å²) < 4.78 is 0. The van der Waals surface area contributed by atoms with E-state index in [1.807, 2.05) is 0 Å². The van der Waals surface area contributed by atoms with Crippen molar-refractivity contribution in [2.24, 2.45) is 22.5 Å². The molecule has 17 heavy (non-hydrogen) atoms. The zero-order chi connectivity index (χ0) is 12.9. The smallest absolute Gasteiger partial charge is 0.0357 e. The van der Waals surface area contributed by atoms with Gasteiger partial charge < -0.3 is 5.73 Å². The number of rotatable bonds is 3. The molecule has 1 aliphatic carbocycles. The molecule has 2 atom stereocenters. The molecule has 2 unspecified atom stereocenters. The summed E-state index contributed by atoms with van der Waals surface area (Å²) in [5.74, 6) is 0.829. The van der Waals surface area contributed by atoms with Crippen molar-refractivity contribution in [2.45, 2.75) is 59.4 Å². The second-order valence-corrected chi connectivity index (χ2v) is 7.84. The predicted molar refractivity (Wildman–Crippen MR) is 73.9 cm³/mol. The van der Waals surface area contributed by atoms with Gasteiger partial charge in [0.1, 0.15) is 0 Å². The van der Waals surface area contributed by atoms with E-state index in [-0.39, 0.29) is 5.54 Å². The van der Waals surface area contributed by atoms with Crippen molar-refractivity contribution in [3.8, 4) is 0 Å². The molecule has 0 aromatic heterocycles. The van der Waals surface area contributed by atoms with Crippen LogP contribution in [-0.4, -0.2) is 30.1 Å². The van der Waals surface area contributed by atoms with E-state index < -0.39 is 0 Å². The van der Waals surface area contributed by atoms with Gasteiger partial charge in [-0.05, 0) is 49.5 Å². The lowest BCUT2D eigenvalue weighted by Crippen LogP contribution is -2.56. The fourth-order valence-corrected chi connectivity index (χ4v) is 3.40. The molecule has 2 N–H and O–H groups in total. The Morgan fingerprint density at radius 3 is 2.18 bits per heavy atom. The first-order chi connectivity index (χ1) is 7.73. The van der Waals surface area contributed by atoms with E-state index >= 15 is 0 Å². The molecule has 1 saturated carbocycles. The van der Waals surface area contributed by atoms with Crippen molar-refractivity contribution < 1.29 is 0 Å². The molecule has 2 aliphatic rings. The van der Waals surface area contributed by atoms with Crippen LogP contribution in [0.1, 0.15) is 53.9 Å². The van der Waals surface area contributed by atoms with Crippen LogP contribution in [0.5, 0.6) is 0 Å². The molecule has 1 heterocycles. The van der Waals surface area contributed by atoms with Crippen LogP contribution in [0.2, 0.25) is 0 Å². The first kappa shape index (κ1) is 13.4. The second kappa shape index (κ2) is 3.96. The normalized spacial score (nSPS) is 32.5. The Labute approximate surface area is 107 Å². The molecule has 2 fully saturated rings. The van der Waals surface area contributed by atoms with E-state index in [2.05, 4.69) is 39.5 Å². The van der Waals surface area contributed by atoms with Gasteiger partial charge in [-0.1, -0.05) is 27.7 Å². The summed E-state index contributed by atoms with van der Waals surface area (Å²) in [7, 11) is 0. The molecule has 1 aliphatic heterocycles. The zero-order valence-corrected chi connectivity index (χ0v) is 12.3. The van der Waals surface area contributed by atoms with Crippen molar-refractivity contribution in [1.82, 2.24) is 4.90 Å². The number of nitrogens with zero attached hydrogens (tertiary/aromatic N) is 1. The van der Waals surface area contributed by atoms with Crippen LogP contribution in [0.3, 0.4) is 0 Å². The molecule has 2 nitrogen and oxygen atoms in total. The highest BCUT2D eigenvalue weighted by molar-refractivity contribution is 5.11. The summed E-state index contributed by atoms with van der Waals surface area (Å²) in [5, 5.41) is 0. The largest absolute Gasteiger partial charge is 0.329 e. The van der Waals surface area contributed by atoms with Crippen molar-refractivity contribution in [3.63, 3.8) is 0 Å². The van der Waals surface area contributed by atoms with E-state index in [9.17, 15) is 0 Å². The third-order valence-corrected chi connectivity index (χ3v) is 5.81. The average molecular weight is 238 g/mol. The van der Waals surface area contributed by atoms with Gasteiger partial charge in [0.05, 0.1) is 0 Å². The molecule has 0 aromatic carbocycles. The maximum atomic E-state index is 6.13. The van der Waals surface area contributed by atoms with Gasteiger partial charge in [-0.15, -0.1) is 0 Å². The van der Waals surface area contributed by atoms with Gasteiger partial charge in [-0.3, -0.25) is 4.90 Å². The molecule has 100 valence electrons. The highest BCUT2D eigenvalue weighted by Gasteiger charge is 2.56. The highest BCUT2D eigenvalue weighted by Crippen LogP contribution is 2.56. The summed E-state index contributed by atoms with van der Waals surface area (Å²) >= 11 is 0. The number of hydrogen-bond donors (Lipinski definition) is 1. The minimum absolute atomic E-state index is 0.229. The first-order valence-electron chi connectivity index (χ1n) is 7.18. The van der Waals surface area contributed by atoms with E-state index in [0.29, 0.717) is 10.8 Å². The number of hydrogen-bond acceptors (Lipinski definition) is 2. The van der Waals surface area contributed by atoms with E-state index in [4.69, 9.17) is 5.73 Å². The Hall–Kier alpha value is -0.0800. The van der Waals surface area contributed by atoms with Crippen molar-refractivity contribution >= 4 is 0 Å². The van der Waals surface area contributed by atoms with Crippen LogP contribution in [0.4, 0.5) is 0 Å². The van der Waals surface area contributed by atoms with Gasteiger partial charge >= 0.3 is 0 Å². The molecule has 0 radical (unpaired) electrons. The fraction of sp³-hybridized carbons (Fsp3) is 1.00. The Balaban J connectivity index is 2.09.